The van der Waals surface area contributed by atoms with Crippen molar-refractivity contribution < 1.29 is 24.2 Å². The minimum absolute atomic E-state index is 0.00483. The number of ether oxygens (including phenoxy) is 2. The number of benzene rings is 1. The van der Waals surface area contributed by atoms with Crippen molar-refractivity contribution in [1.82, 2.24) is 4.90 Å². The Morgan fingerprint density at radius 2 is 1.74 bits per heavy atom. The molecule has 1 aromatic rings. The van der Waals surface area contributed by atoms with Crippen LogP contribution in [0.2, 0.25) is 0 Å². The molecule has 0 radical (unpaired) electrons. The summed E-state index contributed by atoms with van der Waals surface area (Å²) < 4.78 is 10.7. The van der Waals surface area contributed by atoms with E-state index < -0.39 is 5.60 Å². The number of unbranched alkanes of at least 4 members (excludes halogenated alkanes) is 2. The quantitative estimate of drug-likeness (QED) is 0.261. The van der Waals surface area contributed by atoms with Crippen LogP contribution >= 0.6 is 0 Å². The van der Waals surface area contributed by atoms with E-state index in [9.17, 15) is 14.7 Å². The summed E-state index contributed by atoms with van der Waals surface area (Å²) >= 11 is 0. The van der Waals surface area contributed by atoms with Gasteiger partial charge in [-0.1, -0.05) is 42.5 Å². The minimum atomic E-state index is -0.554. The van der Waals surface area contributed by atoms with E-state index in [0.29, 0.717) is 13.0 Å². The van der Waals surface area contributed by atoms with Gasteiger partial charge in [0.2, 0.25) is 0 Å². The normalized spacial score (nSPS) is 12.5. The first-order chi connectivity index (χ1) is 14.7. The summed E-state index contributed by atoms with van der Waals surface area (Å²) in [5.74, 6) is -0.169. The molecule has 1 rings (SSSR count). The Hall–Kier alpha value is -2.34. The molecular formula is C25H39NO5. The summed E-state index contributed by atoms with van der Waals surface area (Å²) in [5.41, 5.74) is 0.440. The van der Waals surface area contributed by atoms with Gasteiger partial charge in [-0.25, -0.2) is 4.79 Å². The van der Waals surface area contributed by atoms with E-state index in [4.69, 9.17) is 9.47 Å². The molecule has 0 fully saturated rings. The number of hydrogen-bond acceptors (Lipinski definition) is 5. The molecule has 0 aliphatic carbocycles. The highest BCUT2D eigenvalue weighted by Crippen LogP contribution is 2.15. The van der Waals surface area contributed by atoms with Crippen molar-refractivity contribution in [3.63, 3.8) is 0 Å². The van der Waals surface area contributed by atoms with Crippen molar-refractivity contribution in [2.75, 3.05) is 13.2 Å². The van der Waals surface area contributed by atoms with Crippen molar-refractivity contribution >= 4 is 12.1 Å². The molecule has 0 saturated heterocycles. The van der Waals surface area contributed by atoms with E-state index in [1.165, 1.54) is 0 Å². The first-order valence-electron chi connectivity index (χ1n) is 11.2. The number of carbonyl (C=O) groups excluding carboxylic acids is 2. The summed E-state index contributed by atoms with van der Waals surface area (Å²) in [6.45, 7) is 7.99. The average molecular weight is 434 g/mol. The second-order valence-electron chi connectivity index (χ2n) is 8.69. The molecule has 0 saturated carbocycles. The molecule has 1 aromatic carbocycles. The summed E-state index contributed by atoms with van der Waals surface area (Å²) in [4.78, 5) is 25.7. The van der Waals surface area contributed by atoms with Gasteiger partial charge in [0.1, 0.15) is 12.2 Å². The first kappa shape index (κ1) is 26.7. The van der Waals surface area contributed by atoms with Gasteiger partial charge in [-0.2, -0.15) is 0 Å². The predicted octanol–water partition coefficient (Wildman–Crippen LogP) is 5.24. The van der Waals surface area contributed by atoms with Crippen molar-refractivity contribution in [1.29, 1.82) is 0 Å². The fourth-order valence-corrected chi connectivity index (χ4v) is 3.02. The Morgan fingerprint density at radius 3 is 2.35 bits per heavy atom. The van der Waals surface area contributed by atoms with Gasteiger partial charge in [-0.05, 0) is 65.4 Å². The third kappa shape index (κ3) is 12.8. The van der Waals surface area contributed by atoms with Crippen LogP contribution in [0, 0.1) is 0 Å². The van der Waals surface area contributed by atoms with Crippen LogP contribution in [0.4, 0.5) is 4.79 Å². The number of carbonyl (C=O) groups is 2. The Bertz CT molecular complexity index is 666. The SMILES string of the molecule is C[C@@H](CCC/C=C\CCCC(=O)OCc1ccccc1)N(CCO)C(=O)OC(C)(C)C. The first-order valence-corrected chi connectivity index (χ1v) is 11.2. The molecule has 0 aromatic heterocycles. The van der Waals surface area contributed by atoms with E-state index in [1.54, 1.807) is 4.90 Å². The highest BCUT2D eigenvalue weighted by atomic mass is 16.6. The maximum absolute atomic E-state index is 12.3. The third-order valence-corrected chi connectivity index (χ3v) is 4.65. The van der Waals surface area contributed by atoms with Crippen molar-refractivity contribution in [2.24, 2.45) is 0 Å². The zero-order chi connectivity index (χ0) is 23.1. The minimum Gasteiger partial charge on any atom is -0.461 e. The number of esters is 1. The highest BCUT2D eigenvalue weighted by molar-refractivity contribution is 5.69. The van der Waals surface area contributed by atoms with Crippen LogP contribution in [0.25, 0.3) is 0 Å². The average Bonchev–Trinajstić information content (AvgIpc) is 2.71. The zero-order valence-corrected chi connectivity index (χ0v) is 19.5. The van der Waals surface area contributed by atoms with Gasteiger partial charge in [-0.3, -0.25) is 4.79 Å². The lowest BCUT2D eigenvalue weighted by Crippen LogP contribution is -2.43. The lowest BCUT2D eigenvalue weighted by atomic mass is 10.1. The maximum atomic E-state index is 12.3. The van der Waals surface area contributed by atoms with E-state index in [-0.39, 0.29) is 31.3 Å². The molecule has 0 spiro atoms. The Morgan fingerprint density at radius 1 is 1.10 bits per heavy atom. The lowest BCUT2D eigenvalue weighted by molar-refractivity contribution is -0.145. The molecule has 1 N–H and O–H groups in total. The monoisotopic (exact) mass is 433 g/mol. The van der Waals surface area contributed by atoms with Crippen molar-refractivity contribution in [2.45, 2.75) is 84.5 Å². The summed E-state index contributed by atoms with van der Waals surface area (Å²) in [6, 6.07) is 9.66. The Balaban J connectivity index is 2.18. The van der Waals surface area contributed by atoms with E-state index in [2.05, 4.69) is 12.2 Å². The lowest BCUT2D eigenvalue weighted by Gasteiger charge is -2.31. The molecule has 0 bridgehead atoms. The van der Waals surface area contributed by atoms with Crippen LogP contribution in [-0.2, 0) is 20.9 Å². The molecule has 0 unspecified atom stereocenters. The van der Waals surface area contributed by atoms with Gasteiger partial charge in [0.25, 0.3) is 0 Å². The Kier molecular flexibility index (Phi) is 12.6. The zero-order valence-electron chi connectivity index (χ0n) is 19.5. The van der Waals surface area contributed by atoms with Gasteiger partial charge in [0.05, 0.1) is 6.61 Å². The second-order valence-corrected chi connectivity index (χ2v) is 8.69. The third-order valence-electron chi connectivity index (χ3n) is 4.65. The van der Waals surface area contributed by atoms with Crippen LogP contribution in [0.1, 0.15) is 71.8 Å². The van der Waals surface area contributed by atoms with Crippen LogP contribution in [0.15, 0.2) is 42.5 Å². The van der Waals surface area contributed by atoms with Crippen molar-refractivity contribution in [3.8, 4) is 0 Å². The predicted molar refractivity (Wildman–Crippen MR) is 123 cm³/mol. The van der Waals surface area contributed by atoms with Crippen LogP contribution in [-0.4, -0.2) is 46.9 Å². The summed E-state index contributed by atoms with van der Waals surface area (Å²) in [7, 11) is 0. The van der Waals surface area contributed by atoms with Gasteiger partial charge in [0.15, 0.2) is 0 Å². The summed E-state index contributed by atoms with van der Waals surface area (Å²) in [5, 5.41) is 9.26. The molecule has 31 heavy (non-hydrogen) atoms. The van der Waals surface area contributed by atoms with E-state index in [0.717, 1.165) is 37.7 Å². The van der Waals surface area contributed by atoms with Gasteiger partial charge in [-0.15, -0.1) is 0 Å². The number of amides is 1. The second kappa shape index (κ2) is 14.6. The van der Waals surface area contributed by atoms with Crippen molar-refractivity contribution in [3.05, 3.63) is 48.0 Å². The molecule has 1 atom stereocenters. The number of aliphatic hydroxyl groups excluding tert-OH is 1. The number of rotatable bonds is 13. The Labute approximate surface area is 187 Å². The highest BCUT2D eigenvalue weighted by Gasteiger charge is 2.25. The number of nitrogens with zero attached hydrogens (tertiary/aromatic N) is 1. The van der Waals surface area contributed by atoms with Gasteiger partial charge >= 0.3 is 12.1 Å². The van der Waals surface area contributed by atoms with Crippen LogP contribution in [0.5, 0.6) is 0 Å². The largest absolute Gasteiger partial charge is 0.461 e. The smallest absolute Gasteiger partial charge is 0.410 e. The van der Waals surface area contributed by atoms with Gasteiger partial charge in [0, 0.05) is 19.0 Å². The molecule has 174 valence electrons. The molecule has 0 heterocycles. The summed E-state index contributed by atoms with van der Waals surface area (Å²) in [6.07, 6.45) is 8.51. The van der Waals surface area contributed by atoms with Crippen LogP contribution in [0.3, 0.4) is 0 Å². The molecule has 6 heteroatoms. The molecule has 0 aliphatic heterocycles. The number of aliphatic hydroxyl groups is 1. The fraction of sp³-hybridized carbons (Fsp3) is 0.600. The fourth-order valence-electron chi connectivity index (χ4n) is 3.02. The standard InChI is InChI=1S/C25H39NO5/c1-21(26(18-19-27)24(29)31-25(2,3)4)14-10-7-5-6-8-13-17-23(28)30-20-22-15-11-9-12-16-22/h5-6,9,11-12,15-16,21,27H,7-8,10,13-14,17-20H2,1-4H3/b6-5-/t21-/m0/s1. The molecular weight excluding hydrogens is 394 g/mol. The molecule has 0 aliphatic rings. The van der Waals surface area contributed by atoms with E-state index >= 15 is 0 Å². The topological polar surface area (TPSA) is 76.1 Å². The maximum Gasteiger partial charge on any atom is 0.410 e. The number of hydrogen-bond donors (Lipinski definition) is 1. The van der Waals surface area contributed by atoms with Crippen LogP contribution < -0.4 is 0 Å². The van der Waals surface area contributed by atoms with E-state index in [1.807, 2.05) is 58.0 Å². The molecule has 6 nitrogen and oxygen atoms in total. The number of allylic oxidation sites excluding steroid dienone is 2. The van der Waals surface area contributed by atoms with Gasteiger partial charge < -0.3 is 19.5 Å². The molecule has 1 amide bonds.